The number of nitrogens with zero attached hydrogens (tertiary/aromatic N) is 1. The molecule has 108 valence electrons. The minimum absolute atomic E-state index is 0.323. The van der Waals surface area contributed by atoms with Crippen molar-refractivity contribution in [3.63, 3.8) is 0 Å². The number of rotatable bonds is 4. The van der Waals surface area contributed by atoms with Crippen molar-refractivity contribution in [2.45, 2.75) is 57.7 Å². The van der Waals surface area contributed by atoms with Gasteiger partial charge >= 0.3 is 0 Å². The molecule has 1 saturated carbocycles. The summed E-state index contributed by atoms with van der Waals surface area (Å²) in [4.78, 5) is 0. The minimum Gasteiger partial charge on any atom is -0.490 e. The number of H-pyrrole nitrogens is 1. The number of ether oxygens (including phenoxy) is 1. The van der Waals surface area contributed by atoms with Gasteiger partial charge in [-0.2, -0.15) is 5.10 Å². The first-order valence-corrected chi connectivity index (χ1v) is 7.56. The lowest BCUT2D eigenvalue weighted by Crippen LogP contribution is -2.41. The highest BCUT2D eigenvalue weighted by atomic mass is 16.5. The predicted molar refractivity (Wildman–Crippen MR) is 81.0 cm³/mol. The van der Waals surface area contributed by atoms with Gasteiger partial charge in [0.25, 0.3) is 0 Å². The summed E-state index contributed by atoms with van der Waals surface area (Å²) in [5.74, 6) is 0.953. The molecule has 3 rings (SSSR count). The normalized spacial score (nSPS) is 23.4. The van der Waals surface area contributed by atoms with Gasteiger partial charge in [0, 0.05) is 17.5 Å². The molecule has 1 aromatic carbocycles. The van der Waals surface area contributed by atoms with E-state index in [2.05, 4.69) is 35.4 Å². The Kier molecular flexibility index (Phi) is 3.92. The van der Waals surface area contributed by atoms with E-state index in [1.54, 1.807) is 0 Å². The molecule has 1 aliphatic carbocycles. The van der Waals surface area contributed by atoms with Gasteiger partial charge in [0.1, 0.15) is 11.9 Å². The molecule has 2 aromatic rings. The molecule has 2 N–H and O–H groups in total. The van der Waals surface area contributed by atoms with Crippen LogP contribution in [0.3, 0.4) is 0 Å². The number of fused-ring (bicyclic) bond motifs is 1. The van der Waals surface area contributed by atoms with E-state index in [-0.39, 0.29) is 0 Å². The van der Waals surface area contributed by atoms with E-state index in [0.717, 1.165) is 29.5 Å². The van der Waals surface area contributed by atoms with Crippen LogP contribution in [0.2, 0.25) is 0 Å². The van der Waals surface area contributed by atoms with E-state index in [9.17, 15) is 0 Å². The van der Waals surface area contributed by atoms with Crippen molar-refractivity contribution in [3.8, 4) is 5.75 Å². The van der Waals surface area contributed by atoms with Crippen LogP contribution in [0.1, 0.15) is 39.5 Å². The number of hydrogen-bond acceptors (Lipinski definition) is 3. The smallest absolute Gasteiger partial charge is 0.120 e. The van der Waals surface area contributed by atoms with Gasteiger partial charge in [0.2, 0.25) is 0 Å². The molecule has 0 bridgehead atoms. The van der Waals surface area contributed by atoms with E-state index in [4.69, 9.17) is 4.74 Å². The molecule has 4 heteroatoms. The van der Waals surface area contributed by atoms with Crippen molar-refractivity contribution in [3.05, 3.63) is 24.4 Å². The zero-order valence-electron chi connectivity index (χ0n) is 12.2. The molecule has 1 aromatic heterocycles. The molecular formula is C16H23N3O. The Balaban J connectivity index is 1.64. The summed E-state index contributed by atoms with van der Waals surface area (Å²) in [5.41, 5.74) is 1.06. The summed E-state index contributed by atoms with van der Waals surface area (Å²) in [6.07, 6.45) is 6.92. The average Bonchev–Trinajstić information content (AvgIpc) is 2.85. The van der Waals surface area contributed by atoms with Crippen molar-refractivity contribution < 1.29 is 4.74 Å². The zero-order chi connectivity index (χ0) is 13.9. The summed E-state index contributed by atoms with van der Waals surface area (Å²) < 4.78 is 6.16. The average molecular weight is 273 g/mol. The largest absolute Gasteiger partial charge is 0.490 e. The van der Waals surface area contributed by atoms with Gasteiger partial charge in [-0.15, -0.1) is 0 Å². The highest BCUT2D eigenvalue weighted by Gasteiger charge is 2.23. The lowest BCUT2D eigenvalue weighted by Gasteiger charge is -2.31. The maximum Gasteiger partial charge on any atom is 0.120 e. The van der Waals surface area contributed by atoms with Crippen molar-refractivity contribution in [2.24, 2.45) is 0 Å². The quantitative estimate of drug-likeness (QED) is 0.899. The van der Waals surface area contributed by atoms with Crippen LogP contribution in [-0.4, -0.2) is 28.4 Å². The van der Waals surface area contributed by atoms with Crippen LogP contribution in [0.25, 0.3) is 10.9 Å². The first-order valence-electron chi connectivity index (χ1n) is 7.56. The van der Waals surface area contributed by atoms with Crippen molar-refractivity contribution in [1.29, 1.82) is 0 Å². The fourth-order valence-corrected chi connectivity index (χ4v) is 3.06. The number of aromatic nitrogens is 2. The maximum atomic E-state index is 6.16. The Bertz CT molecular complexity index is 564. The van der Waals surface area contributed by atoms with Crippen LogP contribution in [-0.2, 0) is 0 Å². The number of nitrogens with one attached hydrogen (secondary N) is 2. The van der Waals surface area contributed by atoms with E-state index < -0.39 is 0 Å². The molecule has 20 heavy (non-hydrogen) atoms. The second-order valence-corrected chi connectivity index (χ2v) is 6.04. The first kappa shape index (κ1) is 13.4. The Hall–Kier alpha value is -1.55. The molecule has 0 spiro atoms. The second kappa shape index (κ2) is 5.83. The number of hydrogen-bond donors (Lipinski definition) is 2. The van der Waals surface area contributed by atoms with Gasteiger partial charge in [-0.05, 0) is 43.9 Å². The van der Waals surface area contributed by atoms with Crippen molar-refractivity contribution >= 4 is 10.9 Å². The summed E-state index contributed by atoms with van der Waals surface area (Å²) in [6, 6.07) is 7.26. The molecule has 4 nitrogen and oxygen atoms in total. The predicted octanol–water partition coefficient (Wildman–Crippen LogP) is 3.25. The van der Waals surface area contributed by atoms with Gasteiger partial charge < -0.3 is 10.1 Å². The van der Waals surface area contributed by atoms with E-state index in [0.29, 0.717) is 18.2 Å². The van der Waals surface area contributed by atoms with Gasteiger partial charge in [-0.25, -0.2) is 0 Å². The number of benzene rings is 1. The third-order valence-electron chi connectivity index (χ3n) is 3.91. The van der Waals surface area contributed by atoms with E-state index >= 15 is 0 Å². The van der Waals surface area contributed by atoms with Crippen LogP contribution in [0.15, 0.2) is 24.4 Å². The Morgan fingerprint density at radius 3 is 3.10 bits per heavy atom. The summed E-state index contributed by atoms with van der Waals surface area (Å²) in [5, 5.41) is 11.7. The van der Waals surface area contributed by atoms with Crippen LogP contribution < -0.4 is 10.1 Å². The lowest BCUT2D eigenvalue weighted by molar-refractivity contribution is 0.132. The summed E-state index contributed by atoms with van der Waals surface area (Å²) in [7, 11) is 0. The SMILES string of the molecule is CC(C)N[C@H]1CCC[C@H](Oc2ccc3[nH]ncc3c2)C1. The fraction of sp³-hybridized carbons (Fsp3) is 0.562. The van der Waals surface area contributed by atoms with Crippen LogP contribution in [0.4, 0.5) is 0 Å². The van der Waals surface area contributed by atoms with Crippen molar-refractivity contribution in [1.82, 2.24) is 15.5 Å². The Morgan fingerprint density at radius 1 is 1.35 bits per heavy atom. The highest BCUT2D eigenvalue weighted by Crippen LogP contribution is 2.26. The Labute approximate surface area is 119 Å². The number of aromatic amines is 1. The molecule has 0 aliphatic heterocycles. The van der Waals surface area contributed by atoms with Crippen LogP contribution in [0, 0.1) is 0 Å². The van der Waals surface area contributed by atoms with Gasteiger partial charge in [-0.1, -0.05) is 13.8 Å². The molecule has 2 atom stereocenters. The third-order valence-corrected chi connectivity index (χ3v) is 3.91. The highest BCUT2D eigenvalue weighted by molar-refractivity contribution is 5.79. The summed E-state index contributed by atoms with van der Waals surface area (Å²) >= 11 is 0. The monoisotopic (exact) mass is 273 g/mol. The lowest BCUT2D eigenvalue weighted by atomic mass is 9.92. The van der Waals surface area contributed by atoms with Crippen molar-refractivity contribution in [2.75, 3.05) is 0 Å². The maximum absolute atomic E-state index is 6.16. The zero-order valence-corrected chi connectivity index (χ0v) is 12.2. The molecular weight excluding hydrogens is 250 g/mol. The molecule has 0 unspecified atom stereocenters. The molecule has 0 saturated heterocycles. The second-order valence-electron chi connectivity index (χ2n) is 6.04. The molecule has 1 aliphatic rings. The van der Waals surface area contributed by atoms with E-state index in [1.165, 1.54) is 12.8 Å². The first-order chi connectivity index (χ1) is 9.70. The fourth-order valence-electron chi connectivity index (χ4n) is 3.06. The van der Waals surface area contributed by atoms with Crippen LogP contribution >= 0.6 is 0 Å². The van der Waals surface area contributed by atoms with Gasteiger partial charge in [0.15, 0.2) is 0 Å². The van der Waals surface area contributed by atoms with Gasteiger partial charge in [-0.3, -0.25) is 5.10 Å². The van der Waals surface area contributed by atoms with Gasteiger partial charge in [0.05, 0.1) is 11.7 Å². The molecule has 1 heterocycles. The standard InChI is InChI=1S/C16H23N3O/c1-11(2)18-13-4-3-5-14(9-13)20-15-6-7-16-12(8-15)10-17-19-16/h6-8,10-11,13-14,18H,3-5,9H2,1-2H3,(H,17,19)/t13-,14-/m0/s1. The molecule has 0 amide bonds. The molecule has 0 radical (unpaired) electrons. The summed E-state index contributed by atoms with van der Waals surface area (Å²) in [6.45, 7) is 4.41. The van der Waals surface area contributed by atoms with Crippen LogP contribution in [0.5, 0.6) is 5.75 Å². The molecule has 1 fully saturated rings. The Morgan fingerprint density at radius 2 is 2.25 bits per heavy atom. The topological polar surface area (TPSA) is 49.9 Å². The third kappa shape index (κ3) is 3.12. The van der Waals surface area contributed by atoms with E-state index in [1.807, 2.05) is 18.3 Å². The minimum atomic E-state index is 0.323.